The second-order valence-electron chi connectivity index (χ2n) is 7.68. The number of nitrogens with two attached hydrogens (primary N) is 1. The van der Waals surface area contributed by atoms with Crippen molar-refractivity contribution < 1.29 is 19.1 Å². The summed E-state index contributed by atoms with van der Waals surface area (Å²) in [6, 6.07) is 14.0. The first-order valence-corrected chi connectivity index (χ1v) is 10.9. The second-order valence-corrected chi connectivity index (χ2v) is 8.09. The van der Waals surface area contributed by atoms with Gasteiger partial charge in [0, 0.05) is 7.05 Å². The minimum absolute atomic E-state index is 0.0325. The number of halogens is 1. The monoisotopic (exact) mass is 498 g/mol. The average molecular weight is 499 g/mol. The van der Waals surface area contributed by atoms with Crippen LogP contribution in [0, 0.1) is 0 Å². The number of anilines is 1. The summed E-state index contributed by atoms with van der Waals surface area (Å²) in [5, 5.41) is 2.64. The van der Waals surface area contributed by atoms with Crippen molar-refractivity contribution in [3.63, 3.8) is 0 Å². The van der Waals surface area contributed by atoms with E-state index in [2.05, 4.69) is 5.32 Å². The average Bonchev–Trinajstić information content (AvgIpc) is 2.84. The number of amides is 1. The van der Waals surface area contributed by atoms with Crippen LogP contribution in [0.1, 0.15) is 33.2 Å². The van der Waals surface area contributed by atoms with Crippen LogP contribution in [0.15, 0.2) is 64.2 Å². The molecule has 0 aliphatic heterocycles. The van der Waals surface area contributed by atoms with Crippen molar-refractivity contribution in [1.82, 2.24) is 14.5 Å². The molecule has 11 heteroatoms. The van der Waals surface area contributed by atoms with Gasteiger partial charge in [0.05, 0.1) is 17.1 Å². The summed E-state index contributed by atoms with van der Waals surface area (Å²) in [6.45, 7) is 0.591. The van der Waals surface area contributed by atoms with E-state index in [0.717, 1.165) is 14.7 Å². The Balaban J connectivity index is 1.74. The molecule has 1 unspecified atom stereocenters. The maximum absolute atomic E-state index is 12.8. The van der Waals surface area contributed by atoms with Gasteiger partial charge < -0.3 is 15.8 Å². The van der Waals surface area contributed by atoms with E-state index in [1.807, 2.05) is 0 Å². The lowest BCUT2D eigenvalue weighted by atomic mass is 10.2. The number of ketones is 1. The number of Topliss-reactive ketones (excluding diaryl/α,β-unsaturated/α-hetero) is 1. The van der Waals surface area contributed by atoms with Gasteiger partial charge in [0.15, 0.2) is 6.61 Å². The van der Waals surface area contributed by atoms with Gasteiger partial charge in [0.1, 0.15) is 17.4 Å². The van der Waals surface area contributed by atoms with Gasteiger partial charge in [-0.25, -0.2) is 9.59 Å². The van der Waals surface area contributed by atoms with Crippen molar-refractivity contribution in [3.05, 3.63) is 97.1 Å². The molecule has 0 saturated heterocycles. The van der Waals surface area contributed by atoms with Crippen LogP contribution in [-0.2, 0) is 23.1 Å². The van der Waals surface area contributed by atoms with Crippen molar-refractivity contribution in [2.24, 2.45) is 7.05 Å². The topological polar surface area (TPSA) is 142 Å². The van der Waals surface area contributed by atoms with E-state index in [1.165, 1.54) is 26.1 Å². The summed E-state index contributed by atoms with van der Waals surface area (Å²) >= 11 is 5.98. The van der Waals surface area contributed by atoms with Gasteiger partial charge in [-0.05, 0) is 24.6 Å². The van der Waals surface area contributed by atoms with E-state index in [9.17, 15) is 24.0 Å². The van der Waals surface area contributed by atoms with Gasteiger partial charge in [0.2, 0.25) is 5.78 Å². The largest absolute Gasteiger partial charge is 0.456 e. The number of nitrogens with one attached hydrogen (secondary N) is 1. The van der Waals surface area contributed by atoms with Crippen LogP contribution >= 0.6 is 11.6 Å². The van der Waals surface area contributed by atoms with Gasteiger partial charge >= 0.3 is 11.7 Å². The predicted octanol–water partition coefficient (Wildman–Crippen LogP) is 1.38. The smallest absolute Gasteiger partial charge is 0.332 e. The van der Waals surface area contributed by atoms with Gasteiger partial charge in [-0.3, -0.25) is 23.5 Å². The van der Waals surface area contributed by atoms with Crippen LogP contribution < -0.4 is 22.3 Å². The number of carbonyl (C=O) groups is 3. The second kappa shape index (κ2) is 10.8. The van der Waals surface area contributed by atoms with Crippen molar-refractivity contribution in [3.8, 4) is 0 Å². The number of nitrogens with zero attached hydrogens (tertiary/aromatic N) is 2. The third-order valence-corrected chi connectivity index (χ3v) is 5.54. The fourth-order valence-electron chi connectivity index (χ4n) is 3.28. The van der Waals surface area contributed by atoms with Crippen molar-refractivity contribution in [2.75, 3.05) is 12.3 Å². The highest BCUT2D eigenvalue weighted by molar-refractivity contribution is 6.33. The Morgan fingerprint density at radius 1 is 1.06 bits per heavy atom. The van der Waals surface area contributed by atoms with Gasteiger partial charge in [-0.1, -0.05) is 54.1 Å². The fourth-order valence-corrected chi connectivity index (χ4v) is 3.50. The Labute approximate surface area is 204 Å². The Kier molecular flexibility index (Phi) is 7.87. The number of ether oxygens (including phenoxy) is 1. The van der Waals surface area contributed by atoms with E-state index < -0.39 is 47.1 Å². The third-order valence-electron chi connectivity index (χ3n) is 5.21. The lowest BCUT2D eigenvalue weighted by Gasteiger charge is -2.16. The zero-order chi connectivity index (χ0) is 25.7. The highest BCUT2D eigenvalue weighted by Crippen LogP contribution is 2.15. The first-order valence-electron chi connectivity index (χ1n) is 10.5. The molecular weight excluding hydrogens is 476 g/mol. The molecule has 3 N–H and O–H groups in total. The molecule has 0 aliphatic rings. The highest BCUT2D eigenvalue weighted by atomic mass is 35.5. The molecule has 3 aromatic rings. The van der Waals surface area contributed by atoms with Crippen LogP contribution in [0.3, 0.4) is 0 Å². The van der Waals surface area contributed by atoms with Crippen LogP contribution in [0.25, 0.3) is 0 Å². The number of hydrogen-bond donors (Lipinski definition) is 2. The summed E-state index contributed by atoms with van der Waals surface area (Å²) in [5.41, 5.74) is 4.86. The van der Waals surface area contributed by atoms with Crippen molar-refractivity contribution in [1.29, 1.82) is 0 Å². The van der Waals surface area contributed by atoms with E-state index in [0.29, 0.717) is 0 Å². The van der Waals surface area contributed by atoms with Gasteiger partial charge in [-0.2, -0.15) is 0 Å². The zero-order valence-corrected chi connectivity index (χ0v) is 19.7. The molecule has 1 aromatic heterocycles. The summed E-state index contributed by atoms with van der Waals surface area (Å²) in [6.07, 6.45) is 0. The van der Waals surface area contributed by atoms with E-state index >= 15 is 0 Å². The molecule has 0 radical (unpaired) electrons. The molecule has 0 bridgehead atoms. The highest BCUT2D eigenvalue weighted by Gasteiger charge is 2.25. The lowest BCUT2D eigenvalue weighted by Crippen LogP contribution is -2.44. The molecule has 2 aromatic carbocycles. The van der Waals surface area contributed by atoms with Crippen molar-refractivity contribution in [2.45, 2.75) is 19.5 Å². The van der Waals surface area contributed by atoms with Crippen LogP contribution in [0.4, 0.5) is 5.82 Å². The third kappa shape index (κ3) is 5.67. The van der Waals surface area contributed by atoms with E-state index in [1.54, 1.807) is 42.5 Å². The minimum atomic E-state index is -1.11. The summed E-state index contributed by atoms with van der Waals surface area (Å²) < 4.78 is 6.86. The minimum Gasteiger partial charge on any atom is -0.456 e. The molecule has 1 heterocycles. The molecule has 3 rings (SSSR count). The number of carbonyl (C=O) groups excluding carboxylic acids is 3. The van der Waals surface area contributed by atoms with Gasteiger partial charge in [0.25, 0.3) is 11.5 Å². The number of benzene rings is 2. The van der Waals surface area contributed by atoms with E-state index in [-0.39, 0.29) is 22.9 Å². The normalized spacial score (nSPS) is 11.5. The first kappa shape index (κ1) is 25.4. The maximum Gasteiger partial charge on any atom is 0.332 e. The zero-order valence-electron chi connectivity index (χ0n) is 19.0. The maximum atomic E-state index is 12.8. The molecule has 0 saturated carbocycles. The summed E-state index contributed by atoms with van der Waals surface area (Å²) in [7, 11) is 1.22. The van der Waals surface area contributed by atoms with E-state index in [4.69, 9.17) is 22.1 Å². The predicted molar refractivity (Wildman–Crippen MR) is 130 cm³/mol. The Morgan fingerprint density at radius 2 is 1.69 bits per heavy atom. The summed E-state index contributed by atoms with van der Waals surface area (Å²) in [5.74, 6) is -2.73. The molecule has 10 nitrogen and oxygen atoms in total. The van der Waals surface area contributed by atoms with Crippen LogP contribution in [0.5, 0.6) is 0 Å². The number of aromatic nitrogens is 2. The SMILES string of the molecule is CC(NC(=O)c1ccccc1Cl)C(=O)OCC(=O)c1c(N)n(Cc2ccccc2)c(=O)n(C)c1=O. The first-order chi connectivity index (χ1) is 16.6. The molecule has 1 amide bonds. The Hall–Kier alpha value is -4.18. The Morgan fingerprint density at radius 3 is 2.34 bits per heavy atom. The lowest BCUT2D eigenvalue weighted by molar-refractivity contribution is -0.144. The number of rotatable bonds is 8. The number of esters is 1. The fraction of sp³-hybridized carbons (Fsp3) is 0.208. The number of hydrogen-bond acceptors (Lipinski definition) is 7. The van der Waals surface area contributed by atoms with Crippen LogP contribution in [0.2, 0.25) is 5.02 Å². The number of nitrogen functional groups attached to an aromatic ring is 1. The molecule has 0 fully saturated rings. The van der Waals surface area contributed by atoms with Gasteiger partial charge in [-0.15, -0.1) is 0 Å². The molecule has 1 atom stereocenters. The van der Waals surface area contributed by atoms with Crippen molar-refractivity contribution >= 4 is 35.1 Å². The quantitative estimate of drug-likeness (QED) is 0.353. The molecule has 35 heavy (non-hydrogen) atoms. The molecular formula is C24H23ClN4O6. The molecule has 182 valence electrons. The summed E-state index contributed by atoms with van der Waals surface area (Å²) in [4.78, 5) is 62.6. The van der Waals surface area contributed by atoms with Crippen LogP contribution in [-0.4, -0.2) is 39.4 Å². The Bertz CT molecular complexity index is 1400. The standard InChI is InChI=1S/C24H23ClN4O6/c1-14(27-21(31)16-10-6-7-11-17(16)25)23(33)35-13-18(30)19-20(26)29(24(34)28(2)22(19)32)12-15-8-4-3-5-9-15/h3-11,14H,12-13,26H2,1-2H3,(H,27,31). The molecule has 0 aliphatic carbocycles. The molecule has 0 spiro atoms.